The number of rotatable bonds is 4. The number of sulfonamides is 1. The lowest BCUT2D eigenvalue weighted by atomic mass is 9.94. The predicted molar refractivity (Wildman–Crippen MR) is 81.9 cm³/mol. The fourth-order valence-corrected chi connectivity index (χ4v) is 4.52. The smallest absolute Gasteiger partial charge is 0.327 e. The van der Waals surface area contributed by atoms with Gasteiger partial charge in [-0.1, -0.05) is 39.0 Å². The van der Waals surface area contributed by atoms with Gasteiger partial charge in [-0.2, -0.15) is 0 Å². The third-order valence-corrected chi connectivity index (χ3v) is 5.39. The van der Waals surface area contributed by atoms with Gasteiger partial charge in [-0.15, -0.1) is 0 Å². The molecule has 0 saturated carbocycles. The lowest BCUT2D eigenvalue weighted by Crippen LogP contribution is -2.44. The molecule has 0 aromatic heterocycles. The van der Waals surface area contributed by atoms with Gasteiger partial charge in [-0.3, -0.25) is 4.31 Å². The van der Waals surface area contributed by atoms with Crippen molar-refractivity contribution < 1.29 is 18.3 Å². The van der Waals surface area contributed by atoms with E-state index in [9.17, 15) is 18.3 Å². The zero-order valence-electron chi connectivity index (χ0n) is 12.5. The van der Waals surface area contributed by atoms with Crippen LogP contribution in [0.3, 0.4) is 0 Å². The summed E-state index contributed by atoms with van der Waals surface area (Å²) in [6.07, 6.45) is 0.709. The number of carboxylic acids is 1. The molecule has 0 aliphatic carbocycles. The van der Waals surface area contributed by atoms with Crippen LogP contribution in [0.5, 0.6) is 0 Å². The van der Waals surface area contributed by atoms with E-state index < -0.39 is 22.0 Å². The largest absolute Gasteiger partial charge is 0.480 e. The standard InChI is InChI=1S/C15H21NO4S/c1-15(2,3)8-9-21(19,20)16-12-7-5-4-6-11(12)10-13(16)14(17)18/h4-7,13H,8-10H2,1-3H3,(H,17,18). The van der Waals surface area contributed by atoms with E-state index >= 15 is 0 Å². The maximum absolute atomic E-state index is 12.6. The quantitative estimate of drug-likeness (QED) is 0.925. The van der Waals surface area contributed by atoms with E-state index in [1.54, 1.807) is 24.3 Å². The molecule has 5 nitrogen and oxygen atoms in total. The van der Waals surface area contributed by atoms with Gasteiger partial charge in [0, 0.05) is 6.42 Å². The summed E-state index contributed by atoms with van der Waals surface area (Å²) in [4.78, 5) is 11.4. The minimum Gasteiger partial charge on any atom is -0.480 e. The van der Waals surface area contributed by atoms with Crippen molar-refractivity contribution in [1.82, 2.24) is 0 Å². The molecule has 1 aliphatic heterocycles. The number of fused-ring (bicyclic) bond motifs is 1. The van der Waals surface area contributed by atoms with Crippen molar-refractivity contribution in [2.24, 2.45) is 5.41 Å². The lowest BCUT2D eigenvalue weighted by Gasteiger charge is -2.26. The average Bonchev–Trinajstić information content (AvgIpc) is 2.76. The van der Waals surface area contributed by atoms with Crippen LogP contribution in [-0.2, 0) is 21.2 Å². The van der Waals surface area contributed by atoms with Crippen LogP contribution in [-0.4, -0.2) is 31.3 Å². The summed E-state index contributed by atoms with van der Waals surface area (Å²) < 4.78 is 26.3. The predicted octanol–water partition coefficient (Wildman–Crippen LogP) is 2.27. The van der Waals surface area contributed by atoms with E-state index in [2.05, 4.69) is 0 Å². The molecule has 0 amide bonds. The summed E-state index contributed by atoms with van der Waals surface area (Å²) in [5.41, 5.74) is 1.15. The van der Waals surface area contributed by atoms with Crippen molar-refractivity contribution in [3.05, 3.63) is 29.8 Å². The molecule has 1 heterocycles. The zero-order chi connectivity index (χ0) is 15.8. The topological polar surface area (TPSA) is 74.7 Å². The minimum absolute atomic E-state index is 0.0470. The molecule has 2 rings (SSSR count). The van der Waals surface area contributed by atoms with Crippen LogP contribution in [0.4, 0.5) is 5.69 Å². The minimum atomic E-state index is -3.65. The van der Waals surface area contributed by atoms with Gasteiger partial charge in [0.05, 0.1) is 11.4 Å². The Morgan fingerprint density at radius 2 is 1.95 bits per heavy atom. The van der Waals surface area contributed by atoms with Gasteiger partial charge in [0.25, 0.3) is 0 Å². The van der Waals surface area contributed by atoms with Crippen molar-refractivity contribution >= 4 is 21.7 Å². The summed E-state index contributed by atoms with van der Waals surface area (Å²) in [5, 5.41) is 9.34. The van der Waals surface area contributed by atoms with Crippen LogP contribution >= 0.6 is 0 Å². The number of anilines is 1. The Morgan fingerprint density at radius 3 is 2.52 bits per heavy atom. The molecule has 116 valence electrons. The molecule has 0 radical (unpaired) electrons. The maximum atomic E-state index is 12.6. The van der Waals surface area contributed by atoms with Gasteiger partial charge in [0.1, 0.15) is 6.04 Å². The molecule has 1 aromatic rings. The van der Waals surface area contributed by atoms with Crippen LogP contribution in [0.15, 0.2) is 24.3 Å². The first-order valence-electron chi connectivity index (χ1n) is 6.95. The van der Waals surface area contributed by atoms with Crippen molar-refractivity contribution in [1.29, 1.82) is 0 Å². The van der Waals surface area contributed by atoms with E-state index in [4.69, 9.17) is 0 Å². The average molecular weight is 311 g/mol. The molecule has 1 unspecified atom stereocenters. The first-order valence-corrected chi connectivity index (χ1v) is 8.55. The number of para-hydroxylation sites is 1. The first-order chi connectivity index (χ1) is 9.62. The summed E-state index contributed by atoms with van der Waals surface area (Å²) in [5.74, 6) is -1.15. The Hall–Kier alpha value is -1.56. The molecule has 1 aromatic carbocycles. The Morgan fingerprint density at radius 1 is 1.33 bits per heavy atom. The highest BCUT2D eigenvalue weighted by molar-refractivity contribution is 7.92. The van der Waals surface area contributed by atoms with E-state index in [-0.39, 0.29) is 17.6 Å². The highest BCUT2D eigenvalue weighted by Gasteiger charge is 2.41. The molecule has 6 heteroatoms. The third kappa shape index (κ3) is 3.37. The van der Waals surface area contributed by atoms with Crippen molar-refractivity contribution in [2.75, 3.05) is 10.1 Å². The second-order valence-corrected chi connectivity index (χ2v) is 8.57. The van der Waals surface area contributed by atoms with Crippen molar-refractivity contribution in [3.63, 3.8) is 0 Å². The molecular weight excluding hydrogens is 290 g/mol. The first kappa shape index (κ1) is 15.8. The van der Waals surface area contributed by atoms with Gasteiger partial charge in [0.2, 0.25) is 10.0 Å². The normalized spacial score (nSPS) is 18.6. The second kappa shape index (κ2) is 5.33. The summed E-state index contributed by atoms with van der Waals surface area (Å²) in [6.45, 7) is 5.90. The zero-order valence-corrected chi connectivity index (χ0v) is 13.4. The Kier molecular flexibility index (Phi) is 4.02. The number of carboxylic acid groups (broad SMARTS) is 1. The molecule has 0 spiro atoms. The van der Waals surface area contributed by atoms with Gasteiger partial charge in [-0.05, 0) is 23.5 Å². The summed E-state index contributed by atoms with van der Waals surface area (Å²) in [7, 11) is -3.65. The third-order valence-electron chi connectivity index (χ3n) is 3.62. The number of hydrogen-bond acceptors (Lipinski definition) is 3. The Labute approximate surface area is 125 Å². The molecular formula is C15H21NO4S. The van der Waals surface area contributed by atoms with E-state index in [1.807, 2.05) is 20.8 Å². The monoisotopic (exact) mass is 311 g/mol. The molecule has 1 atom stereocenters. The fourth-order valence-electron chi connectivity index (χ4n) is 2.42. The van der Waals surface area contributed by atoms with Crippen LogP contribution < -0.4 is 4.31 Å². The highest BCUT2D eigenvalue weighted by Crippen LogP contribution is 2.35. The number of aliphatic carboxylic acids is 1. The number of carbonyl (C=O) groups is 1. The van der Waals surface area contributed by atoms with Gasteiger partial charge in [-0.25, -0.2) is 13.2 Å². The Balaban J connectivity index is 2.36. The summed E-state index contributed by atoms with van der Waals surface area (Å²) in [6, 6.07) is 5.95. The molecule has 21 heavy (non-hydrogen) atoms. The maximum Gasteiger partial charge on any atom is 0.327 e. The van der Waals surface area contributed by atoms with E-state index in [0.29, 0.717) is 12.1 Å². The second-order valence-electron chi connectivity index (χ2n) is 6.61. The van der Waals surface area contributed by atoms with Crippen LogP contribution in [0.2, 0.25) is 0 Å². The van der Waals surface area contributed by atoms with Gasteiger partial charge >= 0.3 is 5.97 Å². The fraction of sp³-hybridized carbons (Fsp3) is 0.533. The lowest BCUT2D eigenvalue weighted by molar-refractivity contribution is -0.138. The van der Waals surface area contributed by atoms with Crippen LogP contribution in [0, 0.1) is 5.41 Å². The summed E-state index contributed by atoms with van der Waals surface area (Å²) >= 11 is 0. The van der Waals surface area contributed by atoms with Gasteiger partial charge < -0.3 is 5.11 Å². The van der Waals surface area contributed by atoms with E-state index in [1.165, 1.54) is 0 Å². The Bertz CT molecular complexity index is 646. The SMILES string of the molecule is CC(C)(C)CCS(=O)(=O)N1c2ccccc2CC1C(=O)O. The molecule has 1 N–H and O–H groups in total. The van der Waals surface area contributed by atoms with Gasteiger partial charge in [0.15, 0.2) is 0 Å². The number of nitrogens with zero attached hydrogens (tertiary/aromatic N) is 1. The van der Waals surface area contributed by atoms with Crippen LogP contribution in [0.1, 0.15) is 32.8 Å². The number of hydrogen-bond donors (Lipinski definition) is 1. The van der Waals surface area contributed by atoms with Crippen molar-refractivity contribution in [3.8, 4) is 0 Å². The molecule has 1 aliphatic rings. The highest BCUT2D eigenvalue weighted by atomic mass is 32.2. The number of benzene rings is 1. The molecule has 0 fully saturated rings. The molecule has 0 saturated heterocycles. The van der Waals surface area contributed by atoms with Crippen LogP contribution in [0.25, 0.3) is 0 Å². The molecule has 0 bridgehead atoms. The van der Waals surface area contributed by atoms with Crippen molar-refractivity contribution in [2.45, 2.75) is 39.7 Å². The van der Waals surface area contributed by atoms with E-state index in [0.717, 1.165) is 9.87 Å².